The Kier molecular flexibility index (Phi) is 5.27. The van der Waals surface area contributed by atoms with Crippen molar-refractivity contribution in [3.05, 3.63) is 71.0 Å². The molecule has 2 aromatic carbocycles. The average molecular weight is 273 g/mol. The Bertz CT molecular complexity index is 556. The van der Waals surface area contributed by atoms with E-state index in [9.17, 15) is 4.39 Å². The number of rotatable bonds is 6. The van der Waals surface area contributed by atoms with E-state index in [4.69, 9.17) is 4.74 Å². The molecule has 106 valence electrons. The van der Waals surface area contributed by atoms with Gasteiger partial charge in [0.25, 0.3) is 0 Å². The van der Waals surface area contributed by atoms with Crippen LogP contribution in [0.4, 0.5) is 4.39 Å². The number of halogens is 1. The fraction of sp³-hybridized carbons (Fsp3) is 0.294. The molecule has 0 radical (unpaired) electrons. The topological polar surface area (TPSA) is 21.3 Å². The van der Waals surface area contributed by atoms with Crippen LogP contribution in [0, 0.1) is 5.82 Å². The van der Waals surface area contributed by atoms with Crippen LogP contribution in [0.25, 0.3) is 0 Å². The van der Waals surface area contributed by atoms with E-state index in [1.165, 1.54) is 11.6 Å². The molecule has 0 aliphatic carbocycles. The molecule has 0 aliphatic heterocycles. The predicted molar refractivity (Wildman–Crippen MR) is 78.8 cm³/mol. The van der Waals surface area contributed by atoms with E-state index in [1.807, 2.05) is 31.2 Å². The summed E-state index contributed by atoms with van der Waals surface area (Å²) < 4.78 is 18.8. The van der Waals surface area contributed by atoms with Gasteiger partial charge in [-0.05, 0) is 24.1 Å². The van der Waals surface area contributed by atoms with Gasteiger partial charge in [0.05, 0.1) is 6.61 Å². The Hall–Kier alpha value is -1.71. The molecule has 2 nitrogen and oxygen atoms in total. The highest BCUT2D eigenvalue weighted by molar-refractivity contribution is 5.24. The summed E-state index contributed by atoms with van der Waals surface area (Å²) >= 11 is 0. The van der Waals surface area contributed by atoms with Gasteiger partial charge in [-0.15, -0.1) is 0 Å². The molecule has 0 spiro atoms. The van der Waals surface area contributed by atoms with Crippen molar-refractivity contribution in [2.45, 2.75) is 26.1 Å². The first kappa shape index (κ1) is 14.7. The smallest absolute Gasteiger partial charge is 0.127 e. The molecule has 2 aromatic rings. The summed E-state index contributed by atoms with van der Waals surface area (Å²) in [6, 6.07) is 15.1. The number of benzene rings is 2. The number of hydrogen-bond acceptors (Lipinski definition) is 2. The Morgan fingerprint density at radius 1 is 1.10 bits per heavy atom. The molecule has 0 heterocycles. The van der Waals surface area contributed by atoms with Gasteiger partial charge < -0.3 is 10.1 Å². The zero-order valence-corrected chi connectivity index (χ0v) is 11.9. The molecule has 0 saturated carbocycles. The third-order valence-electron chi connectivity index (χ3n) is 3.29. The van der Waals surface area contributed by atoms with Gasteiger partial charge in [-0.1, -0.05) is 42.5 Å². The van der Waals surface area contributed by atoms with E-state index in [1.54, 1.807) is 13.2 Å². The van der Waals surface area contributed by atoms with Gasteiger partial charge in [0.2, 0.25) is 0 Å². The van der Waals surface area contributed by atoms with E-state index < -0.39 is 0 Å². The summed E-state index contributed by atoms with van der Waals surface area (Å²) in [5.74, 6) is -0.166. The second-order valence-electron chi connectivity index (χ2n) is 4.88. The lowest BCUT2D eigenvalue weighted by atomic mass is 10.1. The zero-order chi connectivity index (χ0) is 14.4. The van der Waals surface area contributed by atoms with E-state index in [2.05, 4.69) is 17.4 Å². The van der Waals surface area contributed by atoms with Gasteiger partial charge in [0.1, 0.15) is 5.82 Å². The SMILES string of the molecule is COCc1cccc(CN[C@H](C)c2ccccc2F)c1. The van der Waals surface area contributed by atoms with Crippen molar-refractivity contribution in [1.82, 2.24) is 5.32 Å². The van der Waals surface area contributed by atoms with Crippen LogP contribution in [0.1, 0.15) is 29.7 Å². The van der Waals surface area contributed by atoms with Crippen LogP contribution < -0.4 is 5.32 Å². The molecule has 1 atom stereocenters. The van der Waals surface area contributed by atoms with Gasteiger partial charge >= 0.3 is 0 Å². The molecular formula is C17H20FNO. The minimum atomic E-state index is -0.166. The van der Waals surface area contributed by atoms with Gasteiger partial charge in [-0.3, -0.25) is 0 Å². The summed E-state index contributed by atoms with van der Waals surface area (Å²) in [7, 11) is 1.69. The molecule has 0 aromatic heterocycles. The van der Waals surface area contributed by atoms with Crippen molar-refractivity contribution in [3.8, 4) is 0 Å². The minimum Gasteiger partial charge on any atom is -0.380 e. The van der Waals surface area contributed by atoms with Crippen LogP contribution in [0.5, 0.6) is 0 Å². The van der Waals surface area contributed by atoms with E-state index in [0.29, 0.717) is 18.7 Å². The lowest BCUT2D eigenvalue weighted by molar-refractivity contribution is 0.185. The Morgan fingerprint density at radius 2 is 1.85 bits per heavy atom. The summed E-state index contributed by atoms with van der Waals surface area (Å²) in [6.07, 6.45) is 0. The van der Waals surface area contributed by atoms with Gasteiger partial charge in [-0.2, -0.15) is 0 Å². The third kappa shape index (κ3) is 3.89. The Morgan fingerprint density at radius 3 is 2.60 bits per heavy atom. The number of ether oxygens (including phenoxy) is 1. The van der Waals surface area contributed by atoms with Crippen molar-refractivity contribution in [1.29, 1.82) is 0 Å². The van der Waals surface area contributed by atoms with Crippen LogP contribution in [-0.2, 0) is 17.9 Å². The standard InChI is InChI=1S/C17H20FNO/c1-13(16-8-3-4-9-17(16)18)19-11-14-6-5-7-15(10-14)12-20-2/h3-10,13,19H,11-12H2,1-2H3/t13-/m1/s1. The summed E-state index contributed by atoms with van der Waals surface area (Å²) in [5.41, 5.74) is 3.01. The molecule has 3 heteroatoms. The maximum atomic E-state index is 13.7. The number of methoxy groups -OCH3 is 1. The molecule has 20 heavy (non-hydrogen) atoms. The number of hydrogen-bond donors (Lipinski definition) is 1. The van der Waals surface area contributed by atoms with Crippen molar-refractivity contribution in [2.75, 3.05) is 7.11 Å². The Labute approximate surface area is 119 Å². The maximum Gasteiger partial charge on any atom is 0.127 e. The molecule has 0 bridgehead atoms. The van der Waals surface area contributed by atoms with Crippen molar-refractivity contribution in [2.24, 2.45) is 0 Å². The summed E-state index contributed by atoms with van der Waals surface area (Å²) in [5, 5.41) is 3.34. The fourth-order valence-electron chi connectivity index (χ4n) is 2.20. The monoisotopic (exact) mass is 273 g/mol. The van der Waals surface area contributed by atoms with Crippen LogP contribution in [-0.4, -0.2) is 7.11 Å². The molecule has 0 saturated heterocycles. The quantitative estimate of drug-likeness (QED) is 0.864. The number of nitrogens with one attached hydrogen (secondary N) is 1. The first-order valence-corrected chi connectivity index (χ1v) is 6.75. The third-order valence-corrected chi connectivity index (χ3v) is 3.29. The lowest BCUT2D eigenvalue weighted by Crippen LogP contribution is -2.19. The van der Waals surface area contributed by atoms with E-state index in [0.717, 1.165) is 5.56 Å². The van der Waals surface area contributed by atoms with Crippen molar-refractivity contribution in [3.63, 3.8) is 0 Å². The predicted octanol–water partition coefficient (Wildman–Crippen LogP) is 3.82. The molecule has 0 amide bonds. The second kappa shape index (κ2) is 7.17. The largest absolute Gasteiger partial charge is 0.380 e. The fourth-order valence-corrected chi connectivity index (χ4v) is 2.20. The highest BCUT2D eigenvalue weighted by atomic mass is 19.1. The lowest BCUT2D eigenvalue weighted by Gasteiger charge is -2.15. The first-order valence-electron chi connectivity index (χ1n) is 6.75. The van der Waals surface area contributed by atoms with Gasteiger partial charge in [0.15, 0.2) is 0 Å². The average Bonchev–Trinajstić information content (AvgIpc) is 2.46. The molecule has 1 N–H and O–H groups in total. The van der Waals surface area contributed by atoms with Gasteiger partial charge in [0, 0.05) is 25.3 Å². The normalized spacial score (nSPS) is 12.3. The summed E-state index contributed by atoms with van der Waals surface area (Å²) in [6.45, 7) is 3.28. The molecular weight excluding hydrogens is 253 g/mol. The van der Waals surface area contributed by atoms with Crippen LogP contribution in [0.15, 0.2) is 48.5 Å². The minimum absolute atomic E-state index is 0.0257. The van der Waals surface area contributed by atoms with Crippen LogP contribution in [0.2, 0.25) is 0 Å². The van der Waals surface area contributed by atoms with Gasteiger partial charge in [-0.25, -0.2) is 4.39 Å². The molecule has 0 fully saturated rings. The molecule has 0 unspecified atom stereocenters. The highest BCUT2D eigenvalue weighted by Gasteiger charge is 2.09. The summed E-state index contributed by atoms with van der Waals surface area (Å²) in [4.78, 5) is 0. The van der Waals surface area contributed by atoms with Crippen LogP contribution >= 0.6 is 0 Å². The maximum absolute atomic E-state index is 13.7. The van der Waals surface area contributed by atoms with Crippen molar-refractivity contribution >= 4 is 0 Å². The highest BCUT2D eigenvalue weighted by Crippen LogP contribution is 2.17. The van der Waals surface area contributed by atoms with Crippen molar-refractivity contribution < 1.29 is 9.13 Å². The molecule has 2 rings (SSSR count). The molecule has 0 aliphatic rings. The van der Waals surface area contributed by atoms with E-state index >= 15 is 0 Å². The zero-order valence-electron chi connectivity index (χ0n) is 11.9. The Balaban J connectivity index is 1.98. The van der Waals surface area contributed by atoms with Crippen LogP contribution in [0.3, 0.4) is 0 Å². The first-order chi connectivity index (χ1) is 9.70. The van der Waals surface area contributed by atoms with E-state index in [-0.39, 0.29) is 11.9 Å². The second-order valence-corrected chi connectivity index (χ2v) is 4.88.